The van der Waals surface area contributed by atoms with Gasteiger partial charge in [-0.1, -0.05) is 37.6 Å². The summed E-state index contributed by atoms with van der Waals surface area (Å²) >= 11 is 6.05. The first-order chi connectivity index (χ1) is 11.0. The highest BCUT2D eigenvalue weighted by molar-refractivity contribution is 6.34. The maximum Gasteiger partial charge on any atom is 0.257 e. The summed E-state index contributed by atoms with van der Waals surface area (Å²) in [5, 5.41) is 6.12. The number of carbonyl (C=O) groups is 2. The molecule has 1 aliphatic heterocycles. The number of halogens is 1. The van der Waals surface area contributed by atoms with E-state index in [9.17, 15) is 9.59 Å². The first kappa shape index (κ1) is 15.6. The molecular formula is C18H17ClN2O2. The summed E-state index contributed by atoms with van der Waals surface area (Å²) in [6.07, 6.45) is 0. The summed E-state index contributed by atoms with van der Waals surface area (Å²) < 4.78 is 0. The second-order valence-corrected chi connectivity index (χ2v) is 6.35. The van der Waals surface area contributed by atoms with Gasteiger partial charge in [0, 0.05) is 11.4 Å². The van der Waals surface area contributed by atoms with Crippen molar-refractivity contribution in [3.05, 3.63) is 58.6 Å². The Morgan fingerprint density at radius 2 is 1.96 bits per heavy atom. The lowest BCUT2D eigenvalue weighted by Crippen LogP contribution is -2.17. The monoisotopic (exact) mass is 328 g/mol. The van der Waals surface area contributed by atoms with Gasteiger partial charge in [0.1, 0.15) is 0 Å². The van der Waals surface area contributed by atoms with Crippen molar-refractivity contribution in [2.45, 2.75) is 19.8 Å². The van der Waals surface area contributed by atoms with E-state index in [0.29, 0.717) is 16.3 Å². The molecule has 0 aromatic heterocycles. The zero-order valence-corrected chi connectivity index (χ0v) is 13.6. The van der Waals surface area contributed by atoms with Crippen LogP contribution in [0.2, 0.25) is 5.02 Å². The molecule has 118 valence electrons. The minimum absolute atomic E-state index is 0.00424. The van der Waals surface area contributed by atoms with Crippen molar-refractivity contribution in [1.82, 2.24) is 0 Å². The van der Waals surface area contributed by atoms with E-state index in [2.05, 4.69) is 10.6 Å². The summed E-state index contributed by atoms with van der Waals surface area (Å²) in [4.78, 5) is 24.4. The number of hydrogen-bond donors (Lipinski definition) is 2. The minimum Gasteiger partial charge on any atom is -0.325 e. The molecule has 2 aromatic rings. The zero-order chi connectivity index (χ0) is 16.6. The number of benzene rings is 2. The average molecular weight is 329 g/mol. The number of rotatable bonds is 3. The van der Waals surface area contributed by atoms with Gasteiger partial charge in [-0.05, 0) is 41.8 Å². The fraction of sp³-hybridized carbons (Fsp3) is 0.222. The SMILES string of the molecule is CC(C)C1C(=O)Nc2ccc(NC(=O)c3ccccc3Cl)cc21. The van der Waals surface area contributed by atoms with Crippen LogP contribution in [-0.4, -0.2) is 11.8 Å². The molecule has 1 atom stereocenters. The van der Waals surface area contributed by atoms with Crippen molar-refractivity contribution in [2.75, 3.05) is 10.6 Å². The molecule has 0 saturated carbocycles. The highest BCUT2D eigenvalue weighted by Gasteiger charge is 2.33. The van der Waals surface area contributed by atoms with E-state index in [1.165, 1.54) is 0 Å². The largest absolute Gasteiger partial charge is 0.325 e. The summed E-state index contributed by atoms with van der Waals surface area (Å²) in [5.41, 5.74) is 2.80. The van der Waals surface area contributed by atoms with Gasteiger partial charge in [-0.25, -0.2) is 0 Å². The molecule has 2 N–H and O–H groups in total. The zero-order valence-electron chi connectivity index (χ0n) is 12.9. The van der Waals surface area contributed by atoms with Crippen molar-refractivity contribution in [2.24, 2.45) is 5.92 Å². The summed E-state index contributed by atoms with van der Waals surface area (Å²) in [5.74, 6) is -0.272. The van der Waals surface area contributed by atoms with Gasteiger partial charge in [-0.15, -0.1) is 0 Å². The van der Waals surface area contributed by atoms with Gasteiger partial charge >= 0.3 is 0 Å². The molecule has 2 aromatic carbocycles. The normalized spacial score (nSPS) is 16.2. The van der Waals surface area contributed by atoms with Gasteiger partial charge in [0.25, 0.3) is 5.91 Å². The Kier molecular flexibility index (Phi) is 4.09. The molecule has 5 heteroatoms. The van der Waals surface area contributed by atoms with Crippen LogP contribution in [0.3, 0.4) is 0 Å². The quantitative estimate of drug-likeness (QED) is 0.883. The van der Waals surface area contributed by atoms with Gasteiger partial charge in [0.2, 0.25) is 5.91 Å². The third-order valence-corrected chi connectivity index (χ3v) is 4.30. The van der Waals surface area contributed by atoms with Crippen LogP contribution in [0.25, 0.3) is 0 Å². The molecule has 0 saturated heterocycles. The molecule has 0 bridgehead atoms. The van der Waals surface area contributed by atoms with Crippen molar-refractivity contribution in [3.63, 3.8) is 0 Å². The fourth-order valence-corrected chi connectivity index (χ4v) is 3.09. The van der Waals surface area contributed by atoms with Gasteiger partial charge in [-0.3, -0.25) is 9.59 Å². The standard InChI is InChI=1S/C18H17ClN2O2/c1-10(2)16-13-9-11(7-8-15(13)21-18(16)23)20-17(22)12-5-3-4-6-14(12)19/h3-10,16H,1-2H3,(H,20,22)(H,21,23). The van der Waals surface area contributed by atoms with Gasteiger partial charge in [0.15, 0.2) is 0 Å². The Hall–Kier alpha value is -2.33. The Bertz CT molecular complexity index is 786. The first-order valence-electron chi connectivity index (χ1n) is 7.48. The number of nitrogens with one attached hydrogen (secondary N) is 2. The van der Waals surface area contributed by atoms with E-state index in [1.807, 2.05) is 26.0 Å². The van der Waals surface area contributed by atoms with Gasteiger partial charge in [0.05, 0.1) is 16.5 Å². The maximum absolute atomic E-state index is 12.3. The second-order valence-electron chi connectivity index (χ2n) is 5.95. The summed E-state index contributed by atoms with van der Waals surface area (Å²) in [7, 11) is 0. The lowest BCUT2D eigenvalue weighted by Gasteiger charge is -2.14. The Labute approximate surface area is 139 Å². The van der Waals surface area contributed by atoms with E-state index < -0.39 is 0 Å². The number of carbonyl (C=O) groups excluding carboxylic acids is 2. The summed E-state index contributed by atoms with van der Waals surface area (Å²) in [6.45, 7) is 4.02. The number of anilines is 2. The van der Waals surface area contributed by atoms with Crippen LogP contribution in [0.1, 0.15) is 35.7 Å². The molecule has 4 nitrogen and oxygen atoms in total. The summed E-state index contributed by atoms with van der Waals surface area (Å²) in [6, 6.07) is 12.3. The third-order valence-electron chi connectivity index (χ3n) is 3.97. The highest BCUT2D eigenvalue weighted by Crippen LogP contribution is 2.38. The molecule has 3 rings (SSSR count). The molecule has 1 aliphatic rings. The predicted molar refractivity (Wildman–Crippen MR) is 92.1 cm³/mol. The molecular weight excluding hydrogens is 312 g/mol. The lowest BCUT2D eigenvalue weighted by molar-refractivity contribution is -0.117. The minimum atomic E-state index is -0.270. The average Bonchev–Trinajstić information content (AvgIpc) is 2.82. The fourth-order valence-electron chi connectivity index (χ4n) is 2.87. The first-order valence-corrected chi connectivity index (χ1v) is 7.86. The molecule has 1 unspecified atom stereocenters. The molecule has 2 amide bonds. The van der Waals surface area contributed by atoms with Crippen LogP contribution in [0.4, 0.5) is 11.4 Å². The molecule has 23 heavy (non-hydrogen) atoms. The van der Waals surface area contributed by atoms with Crippen LogP contribution in [-0.2, 0) is 4.79 Å². The molecule has 0 radical (unpaired) electrons. The Morgan fingerprint density at radius 3 is 2.65 bits per heavy atom. The number of fused-ring (bicyclic) bond motifs is 1. The van der Waals surface area contributed by atoms with E-state index in [0.717, 1.165) is 11.3 Å². The molecule has 1 heterocycles. The third kappa shape index (κ3) is 2.94. The van der Waals surface area contributed by atoms with E-state index in [-0.39, 0.29) is 23.7 Å². The van der Waals surface area contributed by atoms with Crippen LogP contribution < -0.4 is 10.6 Å². The van der Waals surface area contributed by atoms with Crippen molar-refractivity contribution >= 4 is 34.8 Å². The highest BCUT2D eigenvalue weighted by atomic mass is 35.5. The van der Waals surface area contributed by atoms with Crippen molar-refractivity contribution < 1.29 is 9.59 Å². The van der Waals surface area contributed by atoms with E-state index in [1.54, 1.807) is 30.3 Å². The van der Waals surface area contributed by atoms with E-state index in [4.69, 9.17) is 11.6 Å². The molecule has 0 spiro atoms. The smallest absolute Gasteiger partial charge is 0.257 e. The molecule has 0 aliphatic carbocycles. The predicted octanol–water partition coefficient (Wildman–Crippen LogP) is 4.28. The molecule has 0 fully saturated rings. The van der Waals surface area contributed by atoms with Crippen LogP contribution in [0.5, 0.6) is 0 Å². The number of amides is 2. The maximum atomic E-state index is 12.3. The number of hydrogen-bond acceptors (Lipinski definition) is 2. The van der Waals surface area contributed by atoms with Crippen LogP contribution >= 0.6 is 11.6 Å². The van der Waals surface area contributed by atoms with Crippen LogP contribution in [0.15, 0.2) is 42.5 Å². The Morgan fingerprint density at radius 1 is 1.22 bits per heavy atom. The second kappa shape index (κ2) is 6.05. The van der Waals surface area contributed by atoms with E-state index >= 15 is 0 Å². The van der Waals surface area contributed by atoms with Crippen molar-refractivity contribution in [3.8, 4) is 0 Å². The van der Waals surface area contributed by atoms with Gasteiger partial charge in [-0.2, -0.15) is 0 Å². The van der Waals surface area contributed by atoms with Gasteiger partial charge < -0.3 is 10.6 Å². The van der Waals surface area contributed by atoms with Crippen molar-refractivity contribution in [1.29, 1.82) is 0 Å². The van der Waals surface area contributed by atoms with Crippen LogP contribution in [0, 0.1) is 5.92 Å². The Balaban J connectivity index is 1.87. The topological polar surface area (TPSA) is 58.2 Å². The lowest BCUT2D eigenvalue weighted by atomic mass is 9.89.